The summed E-state index contributed by atoms with van der Waals surface area (Å²) in [7, 11) is 0. The maximum absolute atomic E-state index is 12.8. The molecule has 0 aliphatic rings. The van der Waals surface area contributed by atoms with Gasteiger partial charge in [0.15, 0.2) is 6.10 Å². The second-order valence-electron chi connectivity index (χ2n) is 18.5. The van der Waals surface area contributed by atoms with Crippen molar-refractivity contribution in [1.29, 1.82) is 0 Å². The lowest BCUT2D eigenvalue weighted by Gasteiger charge is -2.18. The predicted octanol–water partition coefficient (Wildman–Crippen LogP) is 18.3. The van der Waals surface area contributed by atoms with Gasteiger partial charge in [0.05, 0.1) is 0 Å². The summed E-state index contributed by atoms with van der Waals surface area (Å²) in [5, 5.41) is 0. The Hall–Kier alpha value is -2.63. The van der Waals surface area contributed by atoms with Crippen molar-refractivity contribution in [2.24, 2.45) is 0 Å². The minimum Gasteiger partial charge on any atom is -0.462 e. The molecule has 372 valence electrons. The van der Waals surface area contributed by atoms with E-state index in [-0.39, 0.29) is 31.1 Å². The normalized spacial score (nSPS) is 12.4. The molecule has 0 aromatic rings. The maximum Gasteiger partial charge on any atom is 0.306 e. The SMILES string of the molecule is CCCCC/C=C\C/C=C\CCCCCCCCCC(=O)OC(COC(=O)CCCCCCCC)COC(=O)CCCCCCCCCCCCC/C=C\C/C=C\CCCCCCC. The van der Waals surface area contributed by atoms with Gasteiger partial charge in [-0.15, -0.1) is 0 Å². The van der Waals surface area contributed by atoms with Crippen molar-refractivity contribution in [1.82, 2.24) is 0 Å². The maximum atomic E-state index is 12.8. The Morgan fingerprint density at radius 2 is 0.562 bits per heavy atom. The molecule has 0 spiro atoms. The quantitative estimate of drug-likeness (QED) is 0.0262. The van der Waals surface area contributed by atoms with Crippen molar-refractivity contribution in [2.45, 2.75) is 290 Å². The summed E-state index contributed by atoms with van der Waals surface area (Å²) in [6.45, 7) is 6.56. The van der Waals surface area contributed by atoms with Gasteiger partial charge in [0.2, 0.25) is 0 Å². The van der Waals surface area contributed by atoms with Gasteiger partial charge in [-0.2, -0.15) is 0 Å². The molecule has 0 saturated carbocycles. The number of carbonyl (C=O) groups is 3. The molecule has 0 aliphatic heterocycles. The average molecular weight is 897 g/mol. The van der Waals surface area contributed by atoms with Crippen molar-refractivity contribution in [2.75, 3.05) is 13.2 Å². The van der Waals surface area contributed by atoms with Crippen LogP contribution < -0.4 is 0 Å². The fourth-order valence-corrected chi connectivity index (χ4v) is 7.86. The molecule has 1 unspecified atom stereocenters. The Labute approximate surface area is 397 Å². The number of ether oxygens (including phenoxy) is 3. The second kappa shape index (κ2) is 53.0. The third kappa shape index (κ3) is 50.4. The summed E-state index contributed by atoms with van der Waals surface area (Å²) >= 11 is 0. The van der Waals surface area contributed by atoms with E-state index < -0.39 is 6.10 Å². The molecular weight excluding hydrogens is 793 g/mol. The molecule has 0 rings (SSSR count). The minimum absolute atomic E-state index is 0.0759. The molecule has 64 heavy (non-hydrogen) atoms. The summed E-state index contributed by atoms with van der Waals surface area (Å²) < 4.78 is 16.7. The summed E-state index contributed by atoms with van der Waals surface area (Å²) in [5.74, 6) is -0.886. The topological polar surface area (TPSA) is 78.9 Å². The molecule has 0 heterocycles. The van der Waals surface area contributed by atoms with Crippen molar-refractivity contribution in [3.8, 4) is 0 Å². The zero-order valence-corrected chi connectivity index (χ0v) is 42.6. The van der Waals surface area contributed by atoms with Crippen LogP contribution in [-0.4, -0.2) is 37.2 Å². The molecule has 0 aromatic heterocycles. The molecule has 6 nitrogen and oxygen atoms in total. The van der Waals surface area contributed by atoms with E-state index in [0.717, 1.165) is 77.0 Å². The van der Waals surface area contributed by atoms with E-state index in [1.807, 2.05) is 0 Å². The molecular formula is C58H104O6. The van der Waals surface area contributed by atoms with Gasteiger partial charge in [0.25, 0.3) is 0 Å². The molecule has 0 fully saturated rings. The second-order valence-corrected chi connectivity index (χ2v) is 18.5. The number of allylic oxidation sites excluding steroid dienone is 8. The van der Waals surface area contributed by atoms with Crippen LogP contribution in [0.1, 0.15) is 284 Å². The lowest BCUT2D eigenvalue weighted by Crippen LogP contribution is -2.30. The predicted molar refractivity (Wildman–Crippen MR) is 275 cm³/mol. The van der Waals surface area contributed by atoms with Gasteiger partial charge < -0.3 is 14.2 Å². The first kappa shape index (κ1) is 61.4. The molecule has 0 aliphatic carbocycles. The van der Waals surface area contributed by atoms with Gasteiger partial charge >= 0.3 is 17.9 Å². The smallest absolute Gasteiger partial charge is 0.306 e. The number of hydrogen-bond donors (Lipinski definition) is 0. The van der Waals surface area contributed by atoms with E-state index >= 15 is 0 Å². The summed E-state index contributed by atoms with van der Waals surface area (Å²) in [5.41, 5.74) is 0. The first-order chi connectivity index (χ1) is 31.5. The highest BCUT2D eigenvalue weighted by Crippen LogP contribution is 2.15. The number of unbranched alkanes of at least 4 members (excludes halogenated alkanes) is 31. The fourth-order valence-electron chi connectivity index (χ4n) is 7.86. The largest absolute Gasteiger partial charge is 0.462 e. The van der Waals surface area contributed by atoms with Crippen LogP contribution in [0.4, 0.5) is 0 Å². The monoisotopic (exact) mass is 897 g/mol. The van der Waals surface area contributed by atoms with E-state index in [1.54, 1.807) is 0 Å². The zero-order chi connectivity index (χ0) is 46.5. The van der Waals surface area contributed by atoms with Crippen LogP contribution in [0.3, 0.4) is 0 Å². The van der Waals surface area contributed by atoms with E-state index in [2.05, 4.69) is 69.4 Å². The van der Waals surface area contributed by atoms with Crippen molar-refractivity contribution in [3.63, 3.8) is 0 Å². The molecule has 0 N–H and O–H groups in total. The molecule has 0 amide bonds. The Balaban J connectivity index is 4.15. The highest BCUT2D eigenvalue weighted by atomic mass is 16.6. The van der Waals surface area contributed by atoms with Crippen LogP contribution in [-0.2, 0) is 28.6 Å². The first-order valence-electron chi connectivity index (χ1n) is 27.6. The van der Waals surface area contributed by atoms with Crippen LogP contribution >= 0.6 is 0 Å². The Morgan fingerprint density at radius 1 is 0.312 bits per heavy atom. The van der Waals surface area contributed by atoms with Crippen molar-refractivity contribution < 1.29 is 28.6 Å². The average Bonchev–Trinajstić information content (AvgIpc) is 3.29. The third-order valence-electron chi connectivity index (χ3n) is 12.1. The molecule has 1 atom stereocenters. The summed E-state index contributed by atoms with van der Waals surface area (Å²) in [6.07, 6.45) is 64.1. The fraction of sp³-hybridized carbons (Fsp3) is 0.810. The van der Waals surface area contributed by atoms with Gasteiger partial charge in [-0.1, -0.05) is 230 Å². The molecule has 0 bridgehead atoms. The van der Waals surface area contributed by atoms with Gasteiger partial charge in [-0.3, -0.25) is 14.4 Å². The van der Waals surface area contributed by atoms with Crippen LogP contribution in [0.5, 0.6) is 0 Å². The number of esters is 3. The zero-order valence-electron chi connectivity index (χ0n) is 42.6. The molecule has 0 saturated heterocycles. The van der Waals surface area contributed by atoms with Gasteiger partial charge in [-0.05, 0) is 83.5 Å². The summed E-state index contributed by atoms with van der Waals surface area (Å²) in [6, 6.07) is 0. The number of hydrogen-bond acceptors (Lipinski definition) is 6. The van der Waals surface area contributed by atoms with E-state index in [1.165, 1.54) is 167 Å². The van der Waals surface area contributed by atoms with E-state index in [0.29, 0.717) is 19.3 Å². The highest BCUT2D eigenvalue weighted by molar-refractivity contribution is 5.71. The molecule has 0 aromatic carbocycles. The summed E-state index contributed by atoms with van der Waals surface area (Å²) in [4.78, 5) is 37.8. The van der Waals surface area contributed by atoms with Crippen LogP contribution in [0, 0.1) is 0 Å². The third-order valence-corrected chi connectivity index (χ3v) is 12.1. The molecule has 0 radical (unpaired) electrons. The highest BCUT2D eigenvalue weighted by Gasteiger charge is 2.19. The van der Waals surface area contributed by atoms with Gasteiger partial charge in [0, 0.05) is 19.3 Å². The Kier molecular flexibility index (Phi) is 50.8. The number of rotatable bonds is 50. The van der Waals surface area contributed by atoms with Crippen LogP contribution in [0.15, 0.2) is 48.6 Å². The van der Waals surface area contributed by atoms with Gasteiger partial charge in [0.1, 0.15) is 13.2 Å². The van der Waals surface area contributed by atoms with E-state index in [9.17, 15) is 14.4 Å². The van der Waals surface area contributed by atoms with Crippen molar-refractivity contribution in [3.05, 3.63) is 48.6 Å². The molecule has 6 heteroatoms. The Bertz CT molecular complexity index is 1120. The van der Waals surface area contributed by atoms with Crippen LogP contribution in [0.2, 0.25) is 0 Å². The van der Waals surface area contributed by atoms with Gasteiger partial charge in [-0.25, -0.2) is 0 Å². The lowest BCUT2D eigenvalue weighted by molar-refractivity contribution is -0.167. The minimum atomic E-state index is -0.773. The van der Waals surface area contributed by atoms with E-state index in [4.69, 9.17) is 14.2 Å². The Morgan fingerprint density at radius 3 is 0.891 bits per heavy atom. The lowest BCUT2D eigenvalue weighted by atomic mass is 10.0. The first-order valence-corrected chi connectivity index (χ1v) is 27.6. The number of carbonyl (C=O) groups excluding carboxylic acids is 3. The van der Waals surface area contributed by atoms with Crippen LogP contribution in [0.25, 0.3) is 0 Å². The van der Waals surface area contributed by atoms with Crippen molar-refractivity contribution >= 4 is 17.9 Å². The standard InChI is InChI=1S/C58H104O6/c1-4-7-10-13-16-18-20-22-24-26-27-28-29-30-31-33-34-36-38-40-42-45-48-51-57(60)63-54-55(53-62-56(59)50-47-44-15-12-9-6-3)64-58(61)52-49-46-43-41-39-37-35-32-25-23-21-19-17-14-11-8-5-2/h17,19-20,22-23,25-27,55H,4-16,18,21,24,28-54H2,1-3H3/b19-17-,22-20-,25-23-,27-26-.